The van der Waals surface area contributed by atoms with E-state index in [9.17, 15) is 13.6 Å². The lowest BCUT2D eigenvalue weighted by Crippen LogP contribution is -2.19. The lowest BCUT2D eigenvalue weighted by Gasteiger charge is -2.18. The molecule has 0 aliphatic heterocycles. The molecule has 0 spiro atoms. The van der Waals surface area contributed by atoms with Gasteiger partial charge in [0.1, 0.15) is 17.4 Å². The summed E-state index contributed by atoms with van der Waals surface area (Å²) in [7, 11) is 1.36. The molecule has 1 aromatic heterocycles. The van der Waals surface area contributed by atoms with Gasteiger partial charge in [0, 0.05) is 11.3 Å². The minimum atomic E-state index is -0.636. The summed E-state index contributed by atoms with van der Waals surface area (Å²) in [6, 6.07) is 6.32. The molecule has 0 aliphatic rings. The number of methoxy groups -OCH3 is 1. The highest BCUT2D eigenvalue weighted by molar-refractivity contribution is 5.62. The summed E-state index contributed by atoms with van der Waals surface area (Å²) in [6.45, 7) is 7.74. The second-order valence-electron chi connectivity index (χ2n) is 7.24. The number of anilines is 2. The van der Waals surface area contributed by atoms with Crippen LogP contribution in [0.4, 0.5) is 20.4 Å². The van der Waals surface area contributed by atoms with Gasteiger partial charge in [-0.15, -0.1) is 0 Å². The molecule has 1 N–H and O–H groups in total. The quantitative estimate of drug-likeness (QED) is 0.593. The lowest BCUT2D eigenvalue weighted by molar-refractivity contribution is 0.337. The Morgan fingerprint density at radius 1 is 1.03 bits per heavy atom. The van der Waals surface area contributed by atoms with Gasteiger partial charge in [0.15, 0.2) is 0 Å². The van der Waals surface area contributed by atoms with Crippen LogP contribution < -0.4 is 20.3 Å². The maximum atomic E-state index is 14.0. The summed E-state index contributed by atoms with van der Waals surface area (Å²) in [4.78, 5) is 16.4. The predicted octanol–water partition coefficient (Wildman–Crippen LogP) is 4.65. The molecule has 0 saturated heterocycles. The van der Waals surface area contributed by atoms with Crippen LogP contribution in [0, 0.1) is 32.4 Å². The van der Waals surface area contributed by atoms with Crippen molar-refractivity contribution in [3.8, 4) is 11.5 Å². The Hall–Kier alpha value is -3.42. The summed E-state index contributed by atoms with van der Waals surface area (Å²) in [5.41, 5.74) is 2.32. The minimum absolute atomic E-state index is 0.0261. The average Bonchev–Trinajstić information content (AvgIpc) is 2.71. The van der Waals surface area contributed by atoms with Crippen LogP contribution in [0.1, 0.15) is 29.2 Å². The van der Waals surface area contributed by atoms with E-state index in [1.54, 1.807) is 4.57 Å². The fourth-order valence-corrected chi connectivity index (χ4v) is 3.18. The first-order valence-corrected chi connectivity index (χ1v) is 9.84. The van der Waals surface area contributed by atoms with Crippen molar-refractivity contribution >= 4 is 11.6 Å². The van der Waals surface area contributed by atoms with Gasteiger partial charge >= 0.3 is 5.56 Å². The fraction of sp³-hybridized carbons (Fsp3) is 0.304. The molecule has 164 valence electrons. The van der Waals surface area contributed by atoms with Gasteiger partial charge in [0.25, 0.3) is 0 Å². The molecule has 0 fully saturated rings. The van der Waals surface area contributed by atoms with E-state index < -0.39 is 17.2 Å². The fourth-order valence-electron chi connectivity index (χ4n) is 3.18. The van der Waals surface area contributed by atoms with Crippen LogP contribution in [0.5, 0.6) is 11.5 Å². The van der Waals surface area contributed by atoms with E-state index in [2.05, 4.69) is 10.3 Å². The van der Waals surface area contributed by atoms with E-state index in [4.69, 9.17) is 9.47 Å². The minimum Gasteiger partial charge on any atom is -0.494 e. The molecular weight excluding hydrogens is 404 g/mol. The van der Waals surface area contributed by atoms with Gasteiger partial charge < -0.3 is 19.4 Å². The molecule has 0 radical (unpaired) electrons. The molecule has 0 amide bonds. The summed E-state index contributed by atoms with van der Waals surface area (Å²) >= 11 is 0. The molecule has 8 heteroatoms. The van der Waals surface area contributed by atoms with E-state index in [1.165, 1.54) is 32.4 Å². The zero-order valence-corrected chi connectivity index (χ0v) is 18.2. The Morgan fingerprint density at radius 2 is 1.71 bits per heavy atom. The van der Waals surface area contributed by atoms with Crippen molar-refractivity contribution in [1.29, 1.82) is 0 Å². The predicted molar refractivity (Wildman–Crippen MR) is 116 cm³/mol. The Morgan fingerprint density at radius 3 is 2.32 bits per heavy atom. The highest BCUT2D eigenvalue weighted by atomic mass is 19.1. The number of rotatable bonds is 7. The zero-order valence-electron chi connectivity index (χ0n) is 18.2. The maximum Gasteiger partial charge on any atom is 0.316 e. The molecular formula is C23H25F2N3O3. The number of aromatic nitrogens is 2. The average molecular weight is 429 g/mol. The summed E-state index contributed by atoms with van der Waals surface area (Å²) in [5.74, 6) is -0.250. The number of nitrogens with one attached hydrogen (secondary N) is 1. The number of ether oxygens (including phenoxy) is 2. The van der Waals surface area contributed by atoms with Gasteiger partial charge in [-0.25, -0.2) is 8.78 Å². The molecule has 0 aliphatic carbocycles. The summed E-state index contributed by atoms with van der Waals surface area (Å²) < 4.78 is 40.4. The molecule has 0 atom stereocenters. The van der Waals surface area contributed by atoms with E-state index >= 15 is 0 Å². The van der Waals surface area contributed by atoms with Gasteiger partial charge in [-0.1, -0.05) is 0 Å². The third kappa shape index (κ3) is 4.84. The Balaban J connectivity index is 2.04. The topological polar surface area (TPSA) is 65.4 Å². The first-order chi connectivity index (χ1) is 14.7. The number of hydrogen-bond acceptors (Lipinski definition) is 5. The maximum absolute atomic E-state index is 14.0. The molecule has 0 saturated carbocycles. The number of hydrogen-bond donors (Lipinski definition) is 1. The van der Waals surface area contributed by atoms with Crippen LogP contribution in [0.25, 0.3) is 0 Å². The molecule has 2 aromatic carbocycles. The smallest absolute Gasteiger partial charge is 0.316 e. The SMILES string of the molecule is CCOc1cc(C)c(Nc2nc(=O)c(OC)cn2Cc2cc(F)c(C)c(F)c2)cc1C. The number of benzene rings is 2. The van der Waals surface area contributed by atoms with Crippen LogP contribution in [-0.2, 0) is 6.54 Å². The Labute approximate surface area is 179 Å². The first-order valence-electron chi connectivity index (χ1n) is 9.84. The molecule has 1 heterocycles. The van der Waals surface area contributed by atoms with Crippen molar-refractivity contribution in [2.45, 2.75) is 34.2 Å². The molecule has 0 unspecified atom stereocenters. The monoisotopic (exact) mass is 429 g/mol. The first kappa shape index (κ1) is 22.3. The second kappa shape index (κ2) is 9.16. The molecule has 3 aromatic rings. The highest BCUT2D eigenvalue weighted by Crippen LogP contribution is 2.28. The van der Waals surface area contributed by atoms with E-state index in [0.29, 0.717) is 12.2 Å². The molecule has 31 heavy (non-hydrogen) atoms. The van der Waals surface area contributed by atoms with Crippen molar-refractivity contribution in [3.05, 3.63) is 74.7 Å². The van der Waals surface area contributed by atoms with Gasteiger partial charge in [0.2, 0.25) is 11.7 Å². The van der Waals surface area contributed by atoms with Crippen molar-refractivity contribution in [2.75, 3.05) is 19.0 Å². The molecule has 0 bridgehead atoms. The van der Waals surface area contributed by atoms with Gasteiger partial charge in [-0.2, -0.15) is 4.98 Å². The number of nitrogens with zero attached hydrogens (tertiary/aromatic N) is 2. The molecule has 6 nitrogen and oxygen atoms in total. The number of halogens is 2. The third-order valence-corrected chi connectivity index (χ3v) is 4.95. The van der Waals surface area contributed by atoms with Crippen molar-refractivity contribution in [1.82, 2.24) is 9.55 Å². The largest absolute Gasteiger partial charge is 0.494 e. The number of aryl methyl sites for hydroxylation is 2. The summed E-state index contributed by atoms with van der Waals surface area (Å²) in [6.07, 6.45) is 1.46. The van der Waals surface area contributed by atoms with E-state index in [0.717, 1.165) is 22.6 Å². The Bertz CT molecular complexity index is 1150. The standard InChI is InChI=1S/C23H25F2N3O3/c1-6-31-20-8-13(2)19(7-14(20)3)26-23-27-22(29)21(30-5)12-28(23)11-16-9-17(24)15(4)18(25)10-16/h7-10,12H,6,11H2,1-5H3,(H,26,27,29). The van der Waals surface area contributed by atoms with Crippen molar-refractivity contribution in [3.63, 3.8) is 0 Å². The normalized spacial score (nSPS) is 10.8. The van der Waals surface area contributed by atoms with Gasteiger partial charge in [0.05, 0.1) is 26.5 Å². The third-order valence-electron chi connectivity index (χ3n) is 4.95. The van der Waals surface area contributed by atoms with Crippen LogP contribution in [0.2, 0.25) is 0 Å². The van der Waals surface area contributed by atoms with E-state index in [1.807, 2.05) is 32.9 Å². The van der Waals surface area contributed by atoms with Gasteiger partial charge in [-0.05, 0) is 68.7 Å². The van der Waals surface area contributed by atoms with Crippen molar-refractivity contribution in [2.24, 2.45) is 0 Å². The second-order valence-corrected chi connectivity index (χ2v) is 7.24. The van der Waals surface area contributed by atoms with Crippen molar-refractivity contribution < 1.29 is 18.3 Å². The van der Waals surface area contributed by atoms with Gasteiger partial charge in [-0.3, -0.25) is 4.79 Å². The summed E-state index contributed by atoms with van der Waals surface area (Å²) in [5, 5.41) is 3.16. The zero-order chi connectivity index (χ0) is 22.7. The van der Waals surface area contributed by atoms with Crippen LogP contribution >= 0.6 is 0 Å². The Kier molecular flexibility index (Phi) is 6.58. The van der Waals surface area contributed by atoms with Crippen LogP contribution in [0.3, 0.4) is 0 Å². The van der Waals surface area contributed by atoms with Crippen LogP contribution in [-0.4, -0.2) is 23.3 Å². The highest BCUT2D eigenvalue weighted by Gasteiger charge is 2.14. The molecule has 3 rings (SSSR count). The lowest BCUT2D eigenvalue weighted by atomic mass is 10.1. The van der Waals surface area contributed by atoms with E-state index in [-0.39, 0.29) is 23.8 Å². The van der Waals surface area contributed by atoms with Crippen LogP contribution in [0.15, 0.2) is 35.3 Å².